The van der Waals surface area contributed by atoms with Crippen LogP contribution < -0.4 is 0 Å². The summed E-state index contributed by atoms with van der Waals surface area (Å²) in [6.45, 7) is 2.12. The molecule has 0 bridgehead atoms. The van der Waals surface area contributed by atoms with Crippen molar-refractivity contribution in [1.29, 1.82) is 0 Å². The summed E-state index contributed by atoms with van der Waals surface area (Å²) in [6, 6.07) is 4.61. The molecular formula is C16H19BrFNO2. The first-order chi connectivity index (χ1) is 10.0. The average molecular weight is 356 g/mol. The molecule has 1 unspecified atom stereocenters. The van der Waals surface area contributed by atoms with Crippen molar-refractivity contribution in [2.45, 2.75) is 45.1 Å². The Balaban J connectivity index is 2.28. The third-order valence-corrected chi connectivity index (χ3v) is 4.46. The van der Waals surface area contributed by atoms with E-state index in [2.05, 4.69) is 15.9 Å². The van der Waals surface area contributed by atoms with Crippen molar-refractivity contribution in [2.24, 2.45) is 0 Å². The Morgan fingerprint density at radius 2 is 2.10 bits per heavy atom. The summed E-state index contributed by atoms with van der Waals surface area (Å²) in [4.78, 5) is 25.8. The molecule has 1 amide bonds. The maximum atomic E-state index is 14.1. The van der Waals surface area contributed by atoms with E-state index >= 15 is 0 Å². The van der Waals surface area contributed by atoms with Gasteiger partial charge in [0.2, 0.25) is 0 Å². The number of benzene rings is 1. The molecule has 0 aliphatic carbocycles. The second-order valence-electron chi connectivity index (χ2n) is 5.51. The molecule has 0 N–H and O–H groups in total. The Bertz CT molecular complexity index is 547. The SMILES string of the molecule is CC(=O)CC1CCCCCN1C(=O)c1cccc(Br)c1F. The summed E-state index contributed by atoms with van der Waals surface area (Å²) < 4.78 is 14.4. The Hall–Kier alpha value is -1.23. The number of hydrogen-bond acceptors (Lipinski definition) is 2. The van der Waals surface area contributed by atoms with Gasteiger partial charge in [0.25, 0.3) is 5.91 Å². The normalized spacial score (nSPS) is 19.2. The number of nitrogens with zero attached hydrogens (tertiary/aromatic N) is 1. The molecule has 2 rings (SSSR count). The zero-order valence-electron chi connectivity index (χ0n) is 12.1. The average Bonchev–Trinajstić information content (AvgIpc) is 2.66. The first kappa shape index (κ1) is 16.1. The van der Waals surface area contributed by atoms with E-state index in [1.165, 1.54) is 13.0 Å². The Labute approximate surface area is 132 Å². The Morgan fingerprint density at radius 3 is 2.81 bits per heavy atom. The van der Waals surface area contributed by atoms with Crippen molar-refractivity contribution < 1.29 is 14.0 Å². The van der Waals surface area contributed by atoms with E-state index in [0.29, 0.717) is 13.0 Å². The van der Waals surface area contributed by atoms with Gasteiger partial charge >= 0.3 is 0 Å². The molecule has 5 heteroatoms. The molecule has 0 radical (unpaired) electrons. The van der Waals surface area contributed by atoms with Crippen LogP contribution in [0.5, 0.6) is 0 Å². The molecule has 0 spiro atoms. The molecule has 1 aromatic carbocycles. The van der Waals surface area contributed by atoms with Crippen molar-refractivity contribution in [3.05, 3.63) is 34.1 Å². The molecule has 1 aliphatic heterocycles. The minimum absolute atomic E-state index is 0.0643. The first-order valence-corrected chi connectivity index (χ1v) is 8.04. The van der Waals surface area contributed by atoms with Gasteiger partial charge in [-0.25, -0.2) is 4.39 Å². The van der Waals surface area contributed by atoms with Gasteiger partial charge in [-0.2, -0.15) is 0 Å². The Morgan fingerprint density at radius 1 is 1.33 bits per heavy atom. The molecule has 1 aliphatic rings. The fourth-order valence-electron chi connectivity index (χ4n) is 2.81. The van der Waals surface area contributed by atoms with Gasteiger partial charge in [-0.3, -0.25) is 9.59 Å². The number of rotatable bonds is 3. The van der Waals surface area contributed by atoms with Crippen molar-refractivity contribution in [2.75, 3.05) is 6.54 Å². The number of likely N-dealkylation sites (tertiary alicyclic amines) is 1. The van der Waals surface area contributed by atoms with E-state index in [4.69, 9.17) is 0 Å². The van der Waals surface area contributed by atoms with Crippen LogP contribution in [0, 0.1) is 5.82 Å². The summed E-state index contributed by atoms with van der Waals surface area (Å²) in [5, 5.41) is 0. The Kier molecular flexibility index (Phi) is 5.51. The number of hydrogen-bond donors (Lipinski definition) is 0. The summed E-state index contributed by atoms with van der Waals surface area (Å²) in [5.74, 6) is -0.787. The monoisotopic (exact) mass is 355 g/mol. The van der Waals surface area contributed by atoms with Gasteiger partial charge in [0, 0.05) is 19.0 Å². The maximum Gasteiger partial charge on any atom is 0.257 e. The molecule has 3 nitrogen and oxygen atoms in total. The highest BCUT2D eigenvalue weighted by Crippen LogP contribution is 2.25. The van der Waals surface area contributed by atoms with Crippen molar-refractivity contribution in [1.82, 2.24) is 4.90 Å². The fourth-order valence-corrected chi connectivity index (χ4v) is 3.18. The summed E-state index contributed by atoms with van der Waals surface area (Å²) in [7, 11) is 0. The molecule has 1 atom stereocenters. The predicted molar refractivity (Wildman–Crippen MR) is 82.7 cm³/mol. The largest absolute Gasteiger partial charge is 0.335 e. The molecule has 1 aromatic rings. The summed E-state index contributed by atoms with van der Waals surface area (Å²) in [6.07, 6.45) is 4.10. The van der Waals surface area contributed by atoms with E-state index < -0.39 is 5.82 Å². The van der Waals surface area contributed by atoms with E-state index in [1.807, 2.05) is 0 Å². The predicted octanol–water partition coefficient (Wildman–Crippen LogP) is 3.95. The van der Waals surface area contributed by atoms with Crippen LogP contribution >= 0.6 is 15.9 Å². The van der Waals surface area contributed by atoms with Crippen LogP contribution in [0.4, 0.5) is 4.39 Å². The summed E-state index contributed by atoms with van der Waals surface area (Å²) >= 11 is 3.11. The second kappa shape index (κ2) is 7.16. The maximum absolute atomic E-state index is 14.1. The van der Waals surface area contributed by atoms with Crippen LogP contribution in [0.25, 0.3) is 0 Å². The van der Waals surface area contributed by atoms with Crippen LogP contribution in [0.1, 0.15) is 49.4 Å². The van der Waals surface area contributed by atoms with Crippen molar-refractivity contribution >= 4 is 27.6 Å². The van der Waals surface area contributed by atoms with Gasteiger partial charge < -0.3 is 4.90 Å². The molecule has 1 fully saturated rings. The lowest BCUT2D eigenvalue weighted by molar-refractivity contribution is -0.118. The molecule has 0 aromatic heterocycles. The fraction of sp³-hybridized carbons (Fsp3) is 0.500. The van der Waals surface area contributed by atoms with E-state index in [1.54, 1.807) is 17.0 Å². The number of ketones is 1. The van der Waals surface area contributed by atoms with Gasteiger partial charge in [-0.05, 0) is 47.8 Å². The second-order valence-corrected chi connectivity index (χ2v) is 6.36. The zero-order chi connectivity index (χ0) is 15.4. The van der Waals surface area contributed by atoms with Gasteiger partial charge in [-0.1, -0.05) is 18.9 Å². The van der Waals surface area contributed by atoms with Gasteiger partial charge in [0.1, 0.15) is 11.6 Å². The lowest BCUT2D eigenvalue weighted by Gasteiger charge is -2.29. The van der Waals surface area contributed by atoms with Crippen molar-refractivity contribution in [3.8, 4) is 0 Å². The molecule has 0 saturated carbocycles. The quantitative estimate of drug-likeness (QED) is 0.822. The van der Waals surface area contributed by atoms with E-state index in [9.17, 15) is 14.0 Å². The number of carbonyl (C=O) groups excluding carboxylic acids is 2. The van der Waals surface area contributed by atoms with Crippen LogP contribution in [-0.4, -0.2) is 29.2 Å². The highest BCUT2D eigenvalue weighted by Gasteiger charge is 2.28. The number of carbonyl (C=O) groups is 2. The molecular weight excluding hydrogens is 337 g/mol. The van der Waals surface area contributed by atoms with Crippen LogP contribution in [0.2, 0.25) is 0 Å². The lowest BCUT2D eigenvalue weighted by Crippen LogP contribution is -2.41. The standard InChI is InChI=1S/C16H19BrFNO2/c1-11(20)10-12-6-3-2-4-9-19(12)16(21)13-7-5-8-14(17)15(13)18/h5,7-8,12H,2-4,6,9-10H2,1H3. The van der Waals surface area contributed by atoms with Crippen LogP contribution in [0.3, 0.4) is 0 Å². The molecule has 21 heavy (non-hydrogen) atoms. The summed E-state index contributed by atoms with van der Waals surface area (Å²) in [5.41, 5.74) is 0.0693. The highest BCUT2D eigenvalue weighted by molar-refractivity contribution is 9.10. The first-order valence-electron chi connectivity index (χ1n) is 7.25. The van der Waals surface area contributed by atoms with Gasteiger partial charge in [-0.15, -0.1) is 0 Å². The van der Waals surface area contributed by atoms with Gasteiger partial charge in [0.15, 0.2) is 0 Å². The highest BCUT2D eigenvalue weighted by atomic mass is 79.9. The van der Waals surface area contributed by atoms with Crippen LogP contribution in [-0.2, 0) is 4.79 Å². The van der Waals surface area contributed by atoms with Crippen molar-refractivity contribution in [3.63, 3.8) is 0 Å². The number of amides is 1. The molecule has 1 heterocycles. The number of Topliss-reactive ketones (excluding diaryl/α,β-unsaturated/α-hetero) is 1. The third kappa shape index (κ3) is 3.90. The topological polar surface area (TPSA) is 37.4 Å². The lowest BCUT2D eigenvalue weighted by atomic mass is 10.0. The minimum Gasteiger partial charge on any atom is -0.335 e. The van der Waals surface area contributed by atoms with E-state index in [0.717, 1.165) is 25.7 Å². The number of halogens is 2. The van der Waals surface area contributed by atoms with E-state index in [-0.39, 0.29) is 27.8 Å². The smallest absolute Gasteiger partial charge is 0.257 e. The molecule has 1 saturated heterocycles. The van der Waals surface area contributed by atoms with Gasteiger partial charge in [0.05, 0.1) is 10.0 Å². The third-order valence-electron chi connectivity index (χ3n) is 3.84. The molecule has 114 valence electrons. The van der Waals surface area contributed by atoms with Crippen LogP contribution in [0.15, 0.2) is 22.7 Å². The zero-order valence-corrected chi connectivity index (χ0v) is 13.7. The minimum atomic E-state index is -0.534.